The van der Waals surface area contributed by atoms with Crippen molar-refractivity contribution in [2.45, 2.75) is 26.3 Å². The Morgan fingerprint density at radius 2 is 1.90 bits per heavy atom. The molecule has 41 heavy (non-hydrogen) atoms. The number of hydrogen-bond donors (Lipinski definition) is 3. The van der Waals surface area contributed by atoms with Crippen LogP contribution in [0.5, 0.6) is 5.75 Å². The van der Waals surface area contributed by atoms with Crippen LogP contribution in [0.3, 0.4) is 0 Å². The Bertz CT molecular complexity index is 1630. The second kappa shape index (κ2) is 12.4. The average Bonchev–Trinajstić information content (AvgIpc) is 3.39. The lowest BCUT2D eigenvalue weighted by Crippen LogP contribution is -2.16. The third-order valence-corrected chi connectivity index (χ3v) is 7.95. The fourth-order valence-electron chi connectivity index (χ4n) is 4.86. The van der Waals surface area contributed by atoms with Gasteiger partial charge in [0.15, 0.2) is 0 Å². The molecule has 0 saturated carbocycles. The van der Waals surface area contributed by atoms with E-state index in [2.05, 4.69) is 16.4 Å². The number of carbonyl (C=O) groups excluding carboxylic acids is 2. The van der Waals surface area contributed by atoms with Crippen LogP contribution >= 0.6 is 11.3 Å². The molecular weight excluding hydrogens is 536 g/mol. The van der Waals surface area contributed by atoms with Crippen molar-refractivity contribution in [3.8, 4) is 27.3 Å². The molecule has 1 aliphatic heterocycles. The number of thiophene rings is 1. The molecule has 0 saturated heterocycles. The first-order chi connectivity index (χ1) is 19.9. The van der Waals surface area contributed by atoms with E-state index in [1.54, 1.807) is 29.7 Å². The Balaban J connectivity index is 1.73. The number of aliphatic imine (C=N–C) groups is 1. The number of nitrogens with zero attached hydrogens (tertiary/aromatic N) is 1. The molecule has 0 atom stereocenters. The molecule has 5 rings (SSSR count). The summed E-state index contributed by atoms with van der Waals surface area (Å²) in [4.78, 5) is 32.7. The van der Waals surface area contributed by atoms with Gasteiger partial charge in [-0.3, -0.25) is 9.79 Å². The number of esters is 1. The standard InChI is InChI=1S/C32H32N4O4S/c1-3-12-35-18-26-27(34)9-8-22(29(26)32(38)39-2)23-16-28-25(30-20(10-13-40-28)11-14-41-30)15-24(23)31(37)36-21-6-4-19(17-33)5-7-21/h4-9,11,14-16,18H,3,10,12-13,17,33-34H2,1-2H3,(H,36,37). The summed E-state index contributed by atoms with van der Waals surface area (Å²) in [5, 5.41) is 5.05. The molecule has 1 aromatic heterocycles. The molecule has 1 aliphatic rings. The average molecular weight is 569 g/mol. The van der Waals surface area contributed by atoms with Gasteiger partial charge in [0.25, 0.3) is 5.91 Å². The summed E-state index contributed by atoms with van der Waals surface area (Å²) < 4.78 is 11.4. The summed E-state index contributed by atoms with van der Waals surface area (Å²) >= 11 is 1.61. The molecule has 5 N–H and O–H groups in total. The normalized spacial score (nSPS) is 12.3. The Labute approximate surface area is 243 Å². The van der Waals surface area contributed by atoms with Crippen LogP contribution in [0.25, 0.3) is 21.6 Å². The molecular formula is C32H32N4O4S. The van der Waals surface area contributed by atoms with Gasteiger partial charge in [0.1, 0.15) is 5.75 Å². The maximum absolute atomic E-state index is 14.0. The molecule has 4 aromatic rings. The monoisotopic (exact) mass is 568 g/mol. The van der Waals surface area contributed by atoms with E-state index in [9.17, 15) is 9.59 Å². The second-order valence-corrected chi connectivity index (χ2v) is 10.6. The van der Waals surface area contributed by atoms with Crippen molar-refractivity contribution < 1.29 is 19.1 Å². The fraction of sp³-hybridized carbons (Fsp3) is 0.219. The number of hydrogen-bond acceptors (Lipinski definition) is 8. The minimum absolute atomic E-state index is 0.235. The van der Waals surface area contributed by atoms with Crippen LogP contribution in [-0.4, -0.2) is 38.4 Å². The molecule has 0 unspecified atom stereocenters. The molecule has 0 spiro atoms. The van der Waals surface area contributed by atoms with Crippen LogP contribution in [0.4, 0.5) is 11.4 Å². The van der Waals surface area contributed by atoms with Crippen molar-refractivity contribution in [2.24, 2.45) is 10.7 Å². The summed E-state index contributed by atoms with van der Waals surface area (Å²) in [5.74, 6) is -0.274. The van der Waals surface area contributed by atoms with E-state index in [0.717, 1.165) is 28.8 Å². The highest BCUT2D eigenvalue weighted by Gasteiger charge is 2.27. The number of methoxy groups -OCH3 is 1. The molecule has 9 heteroatoms. The maximum Gasteiger partial charge on any atom is 0.339 e. The zero-order chi connectivity index (χ0) is 28.9. The van der Waals surface area contributed by atoms with Crippen LogP contribution in [0.1, 0.15) is 50.8 Å². The summed E-state index contributed by atoms with van der Waals surface area (Å²) in [6.45, 7) is 3.50. The maximum atomic E-state index is 14.0. The number of ether oxygens (including phenoxy) is 2. The minimum Gasteiger partial charge on any atom is -0.493 e. The van der Waals surface area contributed by atoms with Crippen LogP contribution in [0.2, 0.25) is 0 Å². The molecule has 0 aliphatic carbocycles. The highest BCUT2D eigenvalue weighted by Crippen LogP contribution is 2.44. The lowest BCUT2D eigenvalue weighted by molar-refractivity contribution is 0.0601. The Hall–Kier alpha value is -4.47. The van der Waals surface area contributed by atoms with Crippen molar-refractivity contribution in [3.05, 3.63) is 87.8 Å². The van der Waals surface area contributed by atoms with E-state index in [0.29, 0.717) is 59.1 Å². The van der Waals surface area contributed by atoms with Gasteiger partial charge in [0.2, 0.25) is 0 Å². The zero-order valence-corrected chi connectivity index (χ0v) is 23.8. The number of nitrogens with one attached hydrogen (secondary N) is 1. The molecule has 3 aromatic carbocycles. The Kier molecular flexibility index (Phi) is 8.47. The summed E-state index contributed by atoms with van der Waals surface area (Å²) in [5.41, 5.74) is 18.1. The van der Waals surface area contributed by atoms with E-state index in [4.69, 9.17) is 20.9 Å². The first-order valence-corrected chi connectivity index (χ1v) is 14.3. The third-order valence-electron chi connectivity index (χ3n) is 6.96. The molecule has 8 nitrogen and oxygen atoms in total. The van der Waals surface area contributed by atoms with Crippen LogP contribution in [0.15, 0.2) is 65.0 Å². The van der Waals surface area contributed by atoms with E-state index in [-0.39, 0.29) is 11.5 Å². The predicted molar refractivity (Wildman–Crippen MR) is 165 cm³/mol. The third kappa shape index (κ3) is 5.73. The highest BCUT2D eigenvalue weighted by molar-refractivity contribution is 7.13. The summed E-state index contributed by atoms with van der Waals surface area (Å²) in [6.07, 6.45) is 3.20. The molecule has 0 radical (unpaired) electrons. The largest absolute Gasteiger partial charge is 0.493 e. The predicted octanol–water partition coefficient (Wildman–Crippen LogP) is 5.93. The van der Waals surface area contributed by atoms with Gasteiger partial charge in [-0.1, -0.05) is 25.1 Å². The lowest BCUT2D eigenvalue weighted by atomic mass is 9.89. The fourth-order valence-corrected chi connectivity index (χ4v) is 5.83. The van der Waals surface area contributed by atoms with E-state index < -0.39 is 5.97 Å². The molecule has 0 bridgehead atoms. The van der Waals surface area contributed by atoms with E-state index in [1.165, 1.54) is 12.7 Å². The van der Waals surface area contributed by atoms with Gasteiger partial charge < -0.3 is 26.3 Å². The molecule has 0 fully saturated rings. The van der Waals surface area contributed by atoms with Crippen molar-refractivity contribution in [3.63, 3.8) is 0 Å². The highest BCUT2D eigenvalue weighted by atomic mass is 32.1. The van der Waals surface area contributed by atoms with Gasteiger partial charge in [0, 0.05) is 58.7 Å². The van der Waals surface area contributed by atoms with E-state index in [1.807, 2.05) is 48.7 Å². The second-order valence-electron chi connectivity index (χ2n) is 9.64. The first kappa shape index (κ1) is 28.1. The Morgan fingerprint density at radius 3 is 2.63 bits per heavy atom. The first-order valence-electron chi connectivity index (χ1n) is 13.4. The van der Waals surface area contributed by atoms with Gasteiger partial charge >= 0.3 is 5.97 Å². The number of nitrogens with two attached hydrogens (primary N) is 2. The number of anilines is 2. The summed E-state index contributed by atoms with van der Waals surface area (Å²) in [7, 11) is 1.32. The quantitative estimate of drug-likeness (QED) is 0.137. The van der Waals surface area contributed by atoms with Gasteiger partial charge in [-0.2, -0.15) is 0 Å². The zero-order valence-electron chi connectivity index (χ0n) is 23.0. The smallest absolute Gasteiger partial charge is 0.339 e. The van der Waals surface area contributed by atoms with Crippen molar-refractivity contribution in [1.29, 1.82) is 0 Å². The number of rotatable bonds is 8. The number of benzene rings is 3. The van der Waals surface area contributed by atoms with Crippen molar-refractivity contribution in [2.75, 3.05) is 31.3 Å². The number of carbonyl (C=O) groups is 2. The Morgan fingerprint density at radius 1 is 1.10 bits per heavy atom. The van der Waals surface area contributed by atoms with E-state index >= 15 is 0 Å². The van der Waals surface area contributed by atoms with Gasteiger partial charge in [-0.25, -0.2) is 4.79 Å². The van der Waals surface area contributed by atoms with Gasteiger partial charge in [-0.05, 0) is 70.5 Å². The van der Waals surface area contributed by atoms with Gasteiger partial charge in [-0.15, -0.1) is 11.3 Å². The van der Waals surface area contributed by atoms with Crippen molar-refractivity contribution >= 4 is 40.8 Å². The lowest BCUT2D eigenvalue weighted by Gasteiger charge is -2.19. The molecule has 210 valence electrons. The molecule has 1 amide bonds. The number of fused-ring (bicyclic) bond motifs is 3. The number of nitrogen functional groups attached to an aromatic ring is 1. The van der Waals surface area contributed by atoms with Crippen LogP contribution < -0.4 is 21.5 Å². The van der Waals surface area contributed by atoms with Crippen LogP contribution in [0, 0.1) is 0 Å². The van der Waals surface area contributed by atoms with Crippen molar-refractivity contribution in [1.82, 2.24) is 0 Å². The minimum atomic E-state index is -0.578. The number of amides is 1. The topological polar surface area (TPSA) is 129 Å². The summed E-state index contributed by atoms with van der Waals surface area (Å²) in [6, 6.07) is 16.6. The molecule has 2 heterocycles. The van der Waals surface area contributed by atoms with Crippen LogP contribution in [-0.2, 0) is 17.7 Å². The SMILES string of the molecule is CCCN=Cc1c(N)ccc(-c2cc3c(cc2C(=O)Nc2ccc(CN)cc2)-c2sccc2CCO3)c1C(=O)OC. The van der Waals surface area contributed by atoms with Gasteiger partial charge in [0.05, 0.1) is 19.3 Å².